The standard InChI is InChI=1S/C16H17NO3/c1-7-4-10-11(5-8(7)2)16(20)14-13(15(10)19)9(3)6-12(18)17-14/h6,10-11H,4-5H2,1-3H3,(H,17,18). The number of aromatic amines is 1. The lowest BCUT2D eigenvalue weighted by Crippen LogP contribution is -2.41. The number of hydrogen-bond donors (Lipinski definition) is 1. The van der Waals surface area contributed by atoms with Crippen molar-refractivity contribution in [2.75, 3.05) is 0 Å². The summed E-state index contributed by atoms with van der Waals surface area (Å²) in [5.41, 5.74) is 3.31. The minimum absolute atomic E-state index is 0.00481. The van der Waals surface area contributed by atoms with Crippen molar-refractivity contribution >= 4 is 11.6 Å². The molecule has 0 fully saturated rings. The maximum Gasteiger partial charge on any atom is 0.248 e. The highest BCUT2D eigenvalue weighted by Gasteiger charge is 2.44. The molecule has 0 saturated heterocycles. The Kier molecular flexibility index (Phi) is 2.78. The molecule has 0 aliphatic heterocycles. The van der Waals surface area contributed by atoms with Gasteiger partial charge in [-0.15, -0.1) is 0 Å². The van der Waals surface area contributed by atoms with Crippen LogP contribution in [0.4, 0.5) is 0 Å². The molecule has 1 aromatic rings. The SMILES string of the molecule is CC1=C(C)CC2C(=O)c3c(C)cc(=O)[nH]c3C(=O)C2C1. The van der Waals surface area contributed by atoms with Crippen LogP contribution in [0.15, 0.2) is 22.0 Å². The molecule has 20 heavy (non-hydrogen) atoms. The molecule has 2 aliphatic rings. The highest BCUT2D eigenvalue weighted by atomic mass is 16.1. The number of fused-ring (bicyclic) bond motifs is 2. The Morgan fingerprint density at radius 2 is 1.50 bits per heavy atom. The van der Waals surface area contributed by atoms with Crippen LogP contribution >= 0.6 is 0 Å². The number of aryl methyl sites for hydroxylation is 1. The quantitative estimate of drug-likeness (QED) is 0.737. The molecule has 0 aromatic carbocycles. The predicted molar refractivity (Wildman–Crippen MR) is 75.0 cm³/mol. The first-order valence-corrected chi connectivity index (χ1v) is 6.87. The summed E-state index contributed by atoms with van der Waals surface area (Å²) in [5, 5.41) is 0. The molecule has 1 N–H and O–H groups in total. The molecule has 0 saturated carbocycles. The van der Waals surface area contributed by atoms with Gasteiger partial charge in [-0.25, -0.2) is 0 Å². The van der Waals surface area contributed by atoms with Crippen LogP contribution in [0.3, 0.4) is 0 Å². The third kappa shape index (κ3) is 1.71. The fourth-order valence-electron chi connectivity index (χ4n) is 3.40. The molecule has 0 radical (unpaired) electrons. The third-order valence-electron chi connectivity index (χ3n) is 4.67. The number of pyridine rings is 1. The summed E-state index contributed by atoms with van der Waals surface area (Å²) in [6.07, 6.45) is 1.27. The van der Waals surface area contributed by atoms with Gasteiger partial charge in [-0.05, 0) is 39.2 Å². The van der Waals surface area contributed by atoms with Crippen LogP contribution in [0.2, 0.25) is 0 Å². The van der Waals surface area contributed by atoms with E-state index in [9.17, 15) is 14.4 Å². The molecule has 2 atom stereocenters. The van der Waals surface area contributed by atoms with E-state index >= 15 is 0 Å². The molecular formula is C16H17NO3. The smallest absolute Gasteiger partial charge is 0.248 e. The fourth-order valence-corrected chi connectivity index (χ4v) is 3.40. The number of aromatic nitrogens is 1. The van der Waals surface area contributed by atoms with Crippen molar-refractivity contribution < 1.29 is 9.59 Å². The average molecular weight is 271 g/mol. The van der Waals surface area contributed by atoms with Crippen molar-refractivity contribution in [1.29, 1.82) is 0 Å². The third-order valence-corrected chi connectivity index (χ3v) is 4.67. The van der Waals surface area contributed by atoms with E-state index in [1.165, 1.54) is 17.2 Å². The Morgan fingerprint density at radius 1 is 0.950 bits per heavy atom. The van der Waals surface area contributed by atoms with E-state index in [1.807, 2.05) is 13.8 Å². The highest BCUT2D eigenvalue weighted by Crippen LogP contribution is 2.41. The summed E-state index contributed by atoms with van der Waals surface area (Å²) in [5.74, 6) is -0.651. The van der Waals surface area contributed by atoms with E-state index in [0.717, 1.165) is 0 Å². The maximum absolute atomic E-state index is 12.7. The van der Waals surface area contributed by atoms with Gasteiger partial charge in [0.25, 0.3) is 0 Å². The highest BCUT2D eigenvalue weighted by molar-refractivity contribution is 6.15. The number of Topliss-reactive ketones (excluding diaryl/α,β-unsaturated/α-hetero) is 2. The minimum atomic E-state index is -0.319. The predicted octanol–water partition coefficient (Wildman–Crippen LogP) is 2.42. The first-order valence-electron chi connectivity index (χ1n) is 6.87. The number of H-pyrrole nitrogens is 1. The Balaban J connectivity index is 2.20. The Labute approximate surface area is 116 Å². The number of nitrogens with one attached hydrogen (secondary N) is 1. The molecule has 4 nitrogen and oxygen atoms in total. The zero-order valence-corrected chi connectivity index (χ0v) is 11.9. The van der Waals surface area contributed by atoms with E-state index in [2.05, 4.69) is 4.98 Å². The fraction of sp³-hybridized carbons (Fsp3) is 0.438. The second-order valence-electron chi connectivity index (χ2n) is 5.98. The van der Waals surface area contributed by atoms with E-state index in [1.54, 1.807) is 6.92 Å². The second-order valence-corrected chi connectivity index (χ2v) is 5.98. The van der Waals surface area contributed by atoms with Crippen molar-refractivity contribution in [3.8, 4) is 0 Å². The van der Waals surface area contributed by atoms with Gasteiger partial charge in [0.05, 0.1) is 5.69 Å². The largest absolute Gasteiger partial charge is 0.319 e. The van der Waals surface area contributed by atoms with Gasteiger partial charge in [0, 0.05) is 23.5 Å². The van der Waals surface area contributed by atoms with Crippen molar-refractivity contribution in [3.63, 3.8) is 0 Å². The van der Waals surface area contributed by atoms with Crippen molar-refractivity contribution in [2.45, 2.75) is 33.6 Å². The first kappa shape index (κ1) is 13.0. The molecule has 2 unspecified atom stereocenters. The number of carbonyl (C=O) groups excluding carboxylic acids is 2. The zero-order chi connectivity index (χ0) is 14.6. The summed E-state index contributed by atoms with van der Waals surface area (Å²) in [4.78, 5) is 39.4. The normalized spacial score (nSPS) is 25.6. The number of carbonyl (C=O) groups is 2. The maximum atomic E-state index is 12.7. The van der Waals surface area contributed by atoms with Gasteiger partial charge in [-0.2, -0.15) is 0 Å². The minimum Gasteiger partial charge on any atom is -0.319 e. The van der Waals surface area contributed by atoms with Crippen LogP contribution in [0, 0.1) is 18.8 Å². The molecule has 0 amide bonds. The van der Waals surface area contributed by atoms with Gasteiger partial charge in [0.15, 0.2) is 11.6 Å². The molecule has 2 aliphatic carbocycles. The molecule has 0 spiro atoms. The van der Waals surface area contributed by atoms with Gasteiger partial charge < -0.3 is 4.98 Å². The number of allylic oxidation sites excluding steroid dienone is 2. The number of hydrogen-bond acceptors (Lipinski definition) is 3. The Bertz CT molecular complexity index is 724. The number of rotatable bonds is 0. The second kappa shape index (κ2) is 4.27. The molecule has 104 valence electrons. The molecule has 0 bridgehead atoms. The Hall–Kier alpha value is -1.97. The van der Waals surface area contributed by atoms with Gasteiger partial charge in [-0.1, -0.05) is 11.1 Å². The molecule has 3 rings (SSSR count). The number of ketones is 2. The average Bonchev–Trinajstić information content (AvgIpc) is 2.37. The van der Waals surface area contributed by atoms with Gasteiger partial charge in [0.2, 0.25) is 5.56 Å². The Morgan fingerprint density at radius 3 is 2.10 bits per heavy atom. The topological polar surface area (TPSA) is 67.0 Å². The first-order chi connectivity index (χ1) is 9.40. The summed E-state index contributed by atoms with van der Waals surface area (Å²) in [6, 6.07) is 1.39. The van der Waals surface area contributed by atoms with Crippen LogP contribution in [0.5, 0.6) is 0 Å². The van der Waals surface area contributed by atoms with Crippen molar-refractivity contribution in [3.05, 3.63) is 44.4 Å². The summed E-state index contributed by atoms with van der Waals surface area (Å²) < 4.78 is 0. The lowest BCUT2D eigenvalue weighted by Gasteiger charge is -2.35. The summed E-state index contributed by atoms with van der Waals surface area (Å²) in [6.45, 7) is 5.76. The summed E-state index contributed by atoms with van der Waals surface area (Å²) in [7, 11) is 0. The molecule has 4 heteroatoms. The monoisotopic (exact) mass is 271 g/mol. The van der Waals surface area contributed by atoms with E-state index in [-0.39, 0.29) is 34.7 Å². The van der Waals surface area contributed by atoms with Gasteiger partial charge in [0.1, 0.15) is 0 Å². The van der Waals surface area contributed by atoms with E-state index in [4.69, 9.17) is 0 Å². The lowest BCUT2D eigenvalue weighted by molar-refractivity contribution is 0.0715. The molecular weight excluding hydrogens is 254 g/mol. The van der Waals surface area contributed by atoms with Crippen LogP contribution in [-0.2, 0) is 0 Å². The zero-order valence-electron chi connectivity index (χ0n) is 11.9. The van der Waals surface area contributed by atoms with Crippen LogP contribution in [-0.4, -0.2) is 16.6 Å². The molecule has 1 heterocycles. The van der Waals surface area contributed by atoms with E-state index < -0.39 is 0 Å². The van der Waals surface area contributed by atoms with Gasteiger partial charge in [-0.3, -0.25) is 14.4 Å². The van der Waals surface area contributed by atoms with Crippen LogP contribution in [0.1, 0.15) is 53.1 Å². The van der Waals surface area contributed by atoms with Gasteiger partial charge >= 0.3 is 0 Å². The van der Waals surface area contributed by atoms with Crippen molar-refractivity contribution in [2.24, 2.45) is 11.8 Å². The van der Waals surface area contributed by atoms with Crippen LogP contribution < -0.4 is 5.56 Å². The van der Waals surface area contributed by atoms with Crippen molar-refractivity contribution in [1.82, 2.24) is 4.98 Å². The molecule has 1 aromatic heterocycles. The van der Waals surface area contributed by atoms with Crippen LogP contribution in [0.25, 0.3) is 0 Å². The summed E-state index contributed by atoms with van der Waals surface area (Å²) >= 11 is 0. The van der Waals surface area contributed by atoms with E-state index in [0.29, 0.717) is 24.0 Å². The lowest BCUT2D eigenvalue weighted by atomic mass is 9.67.